The average Bonchev–Trinajstić information content (AvgIpc) is 2.52. The molecule has 20 heavy (non-hydrogen) atoms. The van der Waals surface area contributed by atoms with Crippen LogP contribution in [0.1, 0.15) is 12.8 Å². The van der Waals surface area contributed by atoms with Crippen LogP contribution in [0, 0.1) is 0 Å². The Kier molecular flexibility index (Phi) is 6.32. The topological polar surface area (TPSA) is 18.5 Å². The second-order valence-electron chi connectivity index (χ2n) is 4.39. The Morgan fingerprint density at radius 3 is 1.85 bits per heavy atom. The van der Waals surface area contributed by atoms with Crippen LogP contribution in [-0.4, -0.2) is 19.5 Å². The molecule has 0 spiro atoms. The van der Waals surface area contributed by atoms with Crippen LogP contribution in [0.5, 0.6) is 11.5 Å². The first-order chi connectivity index (χ1) is 9.88. The van der Waals surface area contributed by atoms with Gasteiger partial charge in [-0.3, -0.25) is 0 Å². The highest BCUT2D eigenvalue weighted by atomic mass is 32.2. The Morgan fingerprint density at radius 2 is 1.30 bits per heavy atom. The van der Waals surface area contributed by atoms with Gasteiger partial charge in [-0.15, -0.1) is 11.8 Å². The van der Waals surface area contributed by atoms with Crippen LogP contribution in [0.3, 0.4) is 0 Å². The highest BCUT2D eigenvalue weighted by Crippen LogP contribution is 2.19. The third-order valence-electron chi connectivity index (χ3n) is 2.88. The lowest BCUT2D eigenvalue weighted by atomic mass is 10.3. The standard InChI is InChI=1S/C17H20O2S/c1-20-17-11-9-16(10-12-17)19-14-6-5-13-18-15-7-3-2-4-8-15/h2-4,7-12H,5-6,13-14H2,1H3. The maximum atomic E-state index is 5.69. The Bertz CT molecular complexity index is 482. The van der Waals surface area contributed by atoms with Gasteiger partial charge < -0.3 is 9.47 Å². The number of ether oxygens (including phenoxy) is 2. The number of benzene rings is 2. The summed E-state index contributed by atoms with van der Waals surface area (Å²) in [6.45, 7) is 1.47. The molecule has 0 atom stereocenters. The van der Waals surface area contributed by atoms with Crippen molar-refractivity contribution in [3.8, 4) is 11.5 Å². The summed E-state index contributed by atoms with van der Waals surface area (Å²) in [7, 11) is 0. The van der Waals surface area contributed by atoms with E-state index in [4.69, 9.17) is 9.47 Å². The lowest BCUT2D eigenvalue weighted by molar-refractivity contribution is 0.266. The van der Waals surface area contributed by atoms with Gasteiger partial charge in [-0.1, -0.05) is 18.2 Å². The minimum Gasteiger partial charge on any atom is -0.494 e. The second-order valence-corrected chi connectivity index (χ2v) is 5.27. The Hall–Kier alpha value is -1.61. The van der Waals surface area contributed by atoms with E-state index in [9.17, 15) is 0 Å². The summed E-state index contributed by atoms with van der Waals surface area (Å²) in [5.74, 6) is 1.87. The molecule has 0 aliphatic heterocycles. The van der Waals surface area contributed by atoms with Crippen molar-refractivity contribution >= 4 is 11.8 Å². The van der Waals surface area contributed by atoms with Crippen molar-refractivity contribution in [1.29, 1.82) is 0 Å². The van der Waals surface area contributed by atoms with Crippen LogP contribution in [-0.2, 0) is 0 Å². The fourth-order valence-electron chi connectivity index (χ4n) is 1.77. The molecule has 0 saturated carbocycles. The molecule has 0 heterocycles. The number of hydrogen-bond acceptors (Lipinski definition) is 3. The van der Waals surface area contributed by atoms with Crippen LogP contribution in [0.4, 0.5) is 0 Å². The lowest BCUT2D eigenvalue weighted by Crippen LogP contribution is -2.02. The molecule has 0 unspecified atom stereocenters. The molecule has 0 aliphatic rings. The summed E-state index contributed by atoms with van der Waals surface area (Å²) in [4.78, 5) is 1.26. The van der Waals surface area contributed by atoms with Crippen molar-refractivity contribution in [2.75, 3.05) is 19.5 Å². The number of unbranched alkanes of at least 4 members (excludes halogenated alkanes) is 1. The van der Waals surface area contributed by atoms with E-state index in [1.54, 1.807) is 11.8 Å². The molecular weight excluding hydrogens is 268 g/mol. The molecule has 2 rings (SSSR count). The molecular formula is C17H20O2S. The van der Waals surface area contributed by atoms with Gasteiger partial charge in [-0.2, -0.15) is 0 Å². The van der Waals surface area contributed by atoms with E-state index < -0.39 is 0 Å². The van der Waals surface area contributed by atoms with Crippen molar-refractivity contribution in [3.63, 3.8) is 0 Å². The largest absolute Gasteiger partial charge is 0.494 e. The molecule has 2 aromatic carbocycles. The summed E-state index contributed by atoms with van der Waals surface area (Å²) in [6.07, 6.45) is 4.07. The normalized spacial score (nSPS) is 10.2. The van der Waals surface area contributed by atoms with Gasteiger partial charge in [0.15, 0.2) is 0 Å². The minimum atomic E-state index is 0.733. The van der Waals surface area contributed by atoms with Crippen molar-refractivity contribution in [3.05, 3.63) is 54.6 Å². The fourth-order valence-corrected chi connectivity index (χ4v) is 2.18. The second kappa shape index (κ2) is 8.54. The molecule has 2 nitrogen and oxygen atoms in total. The Morgan fingerprint density at radius 1 is 0.750 bits per heavy atom. The summed E-state index contributed by atoms with van der Waals surface area (Å²) < 4.78 is 11.3. The van der Waals surface area contributed by atoms with Crippen LogP contribution in [0.15, 0.2) is 59.5 Å². The van der Waals surface area contributed by atoms with E-state index in [0.29, 0.717) is 0 Å². The summed E-state index contributed by atoms with van der Waals surface area (Å²) in [5, 5.41) is 0. The molecule has 106 valence electrons. The quantitative estimate of drug-likeness (QED) is 0.520. The number of rotatable bonds is 8. The van der Waals surface area contributed by atoms with Crippen LogP contribution >= 0.6 is 11.8 Å². The van der Waals surface area contributed by atoms with Gasteiger partial charge in [0, 0.05) is 4.90 Å². The van der Waals surface area contributed by atoms with Crippen LogP contribution in [0.2, 0.25) is 0 Å². The van der Waals surface area contributed by atoms with E-state index >= 15 is 0 Å². The summed E-state index contributed by atoms with van der Waals surface area (Å²) in [5.41, 5.74) is 0. The molecule has 0 amide bonds. The Labute approximate surface area is 125 Å². The van der Waals surface area contributed by atoms with Gasteiger partial charge in [-0.25, -0.2) is 0 Å². The van der Waals surface area contributed by atoms with Crippen LogP contribution < -0.4 is 9.47 Å². The first kappa shape index (κ1) is 14.8. The molecule has 0 N–H and O–H groups in total. The highest BCUT2D eigenvalue weighted by Gasteiger charge is 1.96. The van der Waals surface area contributed by atoms with Crippen molar-refractivity contribution < 1.29 is 9.47 Å². The number of para-hydroxylation sites is 1. The van der Waals surface area contributed by atoms with Crippen LogP contribution in [0.25, 0.3) is 0 Å². The van der Waals surface area contributed by atoms with E-state index in [1.165, 1.54) is 4.90 Å². The van der Waals surface area contributed by atoms with E-state index in [-0.39, 0.29) is 0 Å². The van der Waals surface area contributed by atoms with Gasteiger partial charge in [0.05, 0.1) is 13.2 Å². The third kappa shape index (κ3) is 5.17. The Balaban J connectivity index is 1.57. The molecule has 0 saturated heterocycles. The minimum absolute atomic E-state index is 0.733. The summed E-state index contributed by atoms with van der Waals surface area (Å²) >= 11 is 1.74. The van der Waals surface area contributed by atoms with E-state index in [0.717, 1.165) is 37.6 Å². The zero-order chi connectivity index (χ0) is 14.0. The molecule has 3 heteroatoms. The molecule has 0 aromatic heterocycles. The van der Waals surface area contributed by atoms with Crippen molar-refractivity contribution in [2.24, 2.45) is 0 Å². The van der Waals surface area contributed by atoms with Gasteiger partial charge in [0.2, 0.25) is 0 Å². The first-order valence-electron chi connectivity index (χ1n) is 6.83. The molecule has 0 radical (unpaired) electrons. The van der Waals surface area contributed by atoms with Gasteiger partial charge in [-0.05, 0) is 55.5 Å². The maximum Gasteiger partial charge on any atom is 0.119 e. The van der Waals surface area contributed by atoms with Crippen molar-refractivity contribution in [1.82, 2.24) is 0 Å². The van der Waals surface area contributed by atoms with Gasteiger partial charge in [0.1, 0.15) is 11.5 Å². The average molecular weight is 288 g/mol. The predicted octanol–water partition coefficient (Wildman–Crippen LogP) is 4.65. The highest BCUT2D eigenvalue weighted by molar-refractivity contribution is 7.98. The maximum absolute atomic E-state index is 5.69. The SMILES string of the molecule is CSc1ccc(OCCCCOc2ccccc2)cc1. The van der Waals surface area contributed by atoms with Crippen molar-refractivity contribution in [2.45, 2.75) is 17.7 Å². The molecule has 2 aromatic rings. The molecule has 0 fully saturated rings. The summed E-state index contributed by atoms with van der Waals surface area (Å²) in [6, 6.07) is 18.1. The molecule has 0 bridgehead atoms. The zero-order valence-electron chi connectivity index (χ0n) is 11.7. The smallest absolute Gasteiger partial charge is 0.119 e. The lowest BCUT2D eigenvalue weighted by Gasteiger charge is -2.08. The van der Waals surface area contributed by atoms with Gasteiger partial charge in [0.25, 0.3) is 0 Å². The van der Waals surface area contributed by atoms with E-state index in [1.807, 2.05) is 42.5 Å². The third-order valence-corrected chi connectivity index (χ3v) is 3.62. The number of thioether (sulfide) groups is 1. The first-order valence-corrected chi connectivity index (χ1v) is 8.05. The molecule has 0 aliphatic carbocycles. The fraction of sp³-hybridized carbons (Fsp3) is 0.294. The van der Waals surface area contributed by atoms with E-state index in [2.05, 4.69) is 18.4 Å². The van der Waals surface area contributed by atoms with Gasteiger partial charge >= 0.3 is 0 Å². The zero-order valence-corrected chi connectivity index (χ0v) is 12.6. The number of hydrogen-bond donors (Lipinski definition) is 0. The predicted molar refractivity (Wildman–Crippen MR) is 84.9 cm³/mol. The monoisotopic (exact) mass is 288 g/mol.